The zero-order chi connectivity index (χ0) is 34.5. The summed E-state index contributed by atoms with van der Waals surface area (Å²) < 4.78 is 26.2. The summed E-state index contributed by atoms with van der Waals surface area (Å²) >= 11 is 7.82. The van der Waals surface area contributed by atoms with Crippen LogP contribution in [0.5, 0.6) is 0 Å². The number of hydrogen-bond donors (Lipinski definition) is 7. The van der Waals surface area contributed by atoms with Gasteiger partial charge in [0.15, 0.2) is 0 Å². The third kappa shape index (κ3) is 7.12. The van der Waals surface area contributed by atoms with Gasteiger partial charge in [0.1, 0.15) is 5.01 Å². The van der Waals surface area contributed by atoms with Crippen molar-refractivity contribution >= 4 is 87.9 Å². The Labute approximate surface area is 283 Å². The van der Waals surface area contributed by atoms with Gasteiger partial charge in [-0.15, -0.1) is 11.3 Å². The first kappa shape index (κ1) is 33.7. The predicted octanol–water partition coefficient (Wildman–Crippen LogP) is 6.07. The number of halogens is 1. The van der Waals surface area contributed by atoms with Crippen LogP contribution in [-0.4, -0.2) is 39.5 Å². The molecule has 0 radical (unpaired) electrons. The second-order valence-corrected chi connectivity index (χ2v) is 15.6. The minimum atomic E-state index is -4.99. The maximum Gasteiger partial charge on any atom is 0.356 e. The van der Waals surface area contributed by atoms with Gasteiger partial charge in [0, 0.05) is 22.6 Å². The van der Waals surface area contributed by atoms with E-state index in [0.29, 0.717) is 16.8 Å². The van der Waals surface area contributed by atoms with Crippen LogP contribution >= 0.6 is 38.1 Å². The van der Waals surface area contributed by atoms with Crippen LogP contribution in [0.3, 0.4) is 0 Å². The number of nitrogen functional groups attached to an aromatic ring is 1. The van der Waals surface area contributed by atoms with Crippen molar-refractivity contribution in [1.82, 2.24) is 19.9 Å². The van der Waals surface area contributed by atoms with Gasteiger partial charge in [-0.1, -0.05) is 6.07 Å². The molecule has 0 amide bonds. The number of nitrogens with two attached hydrogens (primary N) is 1. The van der Waals surface area contributed by atoms with E-state index in [1.54, 1.807) is 25.2 Å². The Morgan fingerprint density at radius 3 is 1.98 bits per heavy atom. The largest absolute Gasteiger partial charge is 0.398 e. The van der Waals surface area contributed by atoms with Crippen molar-refractivity contribution in [1.29, 1.82) is 0 Å². The van der Waals surface area contributed by atoms with Gasteiger partial charge in [0.25, 0.3) is 0 Å². The Hall–Kier alpha value is -4.23. The zero-order valence-electron chi connectivity index (χ0n) is 25.5. The summed E-state index contributed by atoms with van der Waals surface area (Å²) in [6, 6.07) is 18.8. The summed E-state index contributed by atoms with van der Waals surface area (Å²) in [5.41, 5.74) is 10.8. The number of nitrogens with zero attached hydrogens (tertiary/aromatic N) is 4. The van der Waals surface area contributed by atoms with Gasteiger partial charge in [0.2, 0.25) is 17.2 Å². The van der Waals surface area contributed by atoms with Gasteiger partial charge in [-0.25, -0.2) is 4.98 Å². The van der Waals surface area contributed by atoms with Crippen molar-refractivity contribution in [2.45, 2.75) is 20.8 Å². The molecule has 0 saturated carbocycles. The Morgan fingerprint density at radius 1 is 0.729 bits per heavy atom. The average molecular weight is 724 g/mol. The zero-order valence-corrected chi connectivity index (χ0v) is 28.9. The summed E-state index contributed by atoms with van der Waals surface area (Å²) in [5.74, 6) is 0.0828. The van der Waals surface area contributed by atoms with E-state index in [2.05, 4.69) is 31.7 Å². The van der Waals surface area contributed by atoms with Crippen LogP contribution in [-0.2, 0) is 9.13 Å². The minimum Gasteiger partial charge on any atom is -0.398 e. The number of benzene rings is 4. The molecule has 2 heterocycles. The molecule has 0 aliphatic rings. The second kappa shape index (κ2) is 12.7. The van der Waals surface area contributed by atoms with Gasteiger partial charge in [-0.05, 0) is 121 Å². The number of aromatic nitrogens is 4. The van der Waals surface area contributed by atoms with Crippen molar-refractivity contribution in [3.05, 3.63) is 88.7 Å². The highest BCUT2D eigenvalue weighted by Crippen LogP contribution is 2.44. The van der Waals surface area contributed by atoms with E-state index in [1.807, 2.05) is 43.3 Å². The van der Waals surface area contributed by atoms with Gasteiger partial charge >= 0.3 is 15.2 Å². The first-order valence-corrected chi connectivity index (χ1v) is 18.6. The lowest BCUT2D eigenvalue weighted by molar-refractivity contribution is 0.385. The molecule has 0 saturated heterocycles. The van der Waals surface area contributed by atoms with Crippen molar-refractivity contribution in [2.75, 3.05) is 16.4 Å². The van der Waals surface area contributed by atoms with Crippen molar-refractivity contribution < 1.29 is 28.7 Å². The van der Waals surface area contributed by atoms with Crippen LogP contribution in [0, 0.1) is 20.8 Å². The molecule has 4 aromatic carbocycles. The molecule has 6 rings (SSSR count). The maximum atomic E-state index is 12.7. The van der Waals surface area contributed by atoms with Crippen LogP contribution in [0.25, 0.3) is 31.9 Å². The topological polar surface area (TPSA) is 217 Å². The lowest BCUT2D eigenvalue weighted by atomic mass is 9.99. The standard InChI is InChI=1S/C31H28ClN7O6P2S/c1-15-4-9-23-27(10-15)48-28(35-23)18-5-7-19(8-6-18)34-30-37-29(32)38-31(39-30)36-24-14-26(47(43,44)45)21(12-17(24)3)20-11-16(2)22(33)13-25(20)46(40,41)42/h4-14H,33H2,1-3H3,(H2,40,41,42)(H2,43,44,45)(H2,34,36,37,38,39). The molecule has 2 aromatic heterocycles. The van der Waals surface area contributed by atoms with Crippen molar-refractivity contribution in [2.24, 2.45) is 0 Å². The molecule has 8 N–H and O–H groups in total. The summed E-state index contributed by atoms with van der Waals surface area (Å²) in [6.45, 7) is 5.31. The SMILES string of the molecule is Cc1ccc2nc(-c3ccc(Nc4nc(Cl)nc(Nc5cc(P(=O)(O)O)c(-c6cc(C)c(N)cc6P(=O)(O)O)cc5C)n4)cc3)sc2c1. The highest BCUT2D eigenvalue weighted by molar-refractivity contribution is 7.61. The van der Waals surface area contributed by atoms with E-state index in [4.69, 9.17) is 22.3 Å². The van der Waals surface area contributed by atoms with Gasteiger partial charge in [-0.2, -0.15) is 15.0 Å². The first-order chi connectivity index (χ1) is 22.5. The fourth-order valence-electron chi connectivity index (χ4n) is 5.02. The molecule has 0 aliphatic carbocycles. The van der Waals surface area contributed by atoms with Gasteiger partial charge < -0.3 is 35.9 Å². The summed E-state index contributed by atoms with van der Waals surface area (Å²) in [4.78, 5) is 58.0. The molecule has 48 heavy (non-hydrogen) atoms. The van der Waals surface area contributed by atoms with Crippen LogP contribution in [0.4, 0.5) is 29.0 Å². The molecule has 0 bridgehead atoms. The van der Waals surface area contributed by atoms with E-state index in [-0.39, 0.29) is 39.7 Å². The number of thiazole rings is 1. The number of fused-ring (bicyclic) bond motifs is 1. The first-order valence-electron chi connectivity index (χ1n) is 14.2. The number of rotatable bonds is 8. The van der Waals surface area contributed by atoms with Crippen molar-refractivity contribution in [3.63, 3.8) is 0 Å². The number of anilines is 5. The highest BCUT2D eigenvalue weighted by Gasteiger charge is 2.30. The molecule has 246 valence electrons. The fourth-order valence-corrected chi connectivity index (χ4v) is 7.85. The van der Waals surface area contributed by atoms with Crippen LogP contribution in [0.2, 0.25) is 5.28 Å². The molecule has 6 aromatic rings. The number of aryl methyl sites for hydroxylation is 3. The van der Waals surface area contributed by atoms with Crippen LogP contribution in [0.15, 0.2) is 66.7 Å². The Balaban J connectivity index is 1.30. The lowest BCUT2D eigenvalue weighted by Crippen LogP contribution is -2.17. The molecule has 13 nitrogen and oxygen atoms in total. The summed E-state index contributed by atoms with van der Waals surface area (Å²) in [7, 11) is -9.88. The van der Waals surface area contributed by atoms with Crippen LogP contribution < -0.4 is 27.0 Å². The third-order valence-corrected chi connectivity index (χ3v) is 10.7. The van der Waals surface area contributed by atoms with E-state index >= 15 is 0 Å². The molecule has 17 heteroatoms. The Morgan fingerprint density at radius 2 is 1.33 bits per heavy atom. The van der Waals surface area contributed by atoms with E-state index < -0.39 is 25.8 Å². The molecule has 0 aliphatic heterocycles. The number of hydrogen-bond acceptors (Lipinski definition) is 10. The van der Waals surface area contributed by atoms with Crippen molar-refractivity contribution in [3.8, 4) is 21.7 Å². The quantitative estimate of drug-likeness (QED) is 0.0702. The third-order valence-electron chi connectivity index (χ3n) is 7.43. The summed E-state index contributed by atoms with van der Waals surface area (Å²) in [6.07, 6.45) is 0. The molecule has 0 spiro atoms. The van der Waals surface area contributed by atoms with E-state index in [1.165, 1.54) is 23.8 Å². The predicted molar refractivity (Wildman–Crippen MR) is 190 cm³/mol. The normalized spacial score (nSPS) is 12.0. The van der Waals surface area contributed by atoms with Gasteiger partial charge in [0.05, 0.1) is 20.8 Å². The highest BCUT2D eigenvalue weighted by atomic mass is 35.5. The fraction of sp³-hybridized carbons (Fsp3) is 0.0968. The lowest BCUT2D eigenvalue weighted by Gasteiger charge is -2.20. The molecule has 0 fully saturated rings. The average Bonchev–Trinajstić information content (AvgIpc) is 3.41. The smallest absolute Gasteiger partial charge is 0.356 e. The summed E-state index contributed by atoms with van der Waals surface area (Å²) in [5, 5.41) is 5.82. The Bertz CT molecular complexity index is 2330. The monoisotopic (exact) mass is 723 g/mol. The van der Waals surface area contributed by atoms with Crippen LogP contribution in [0.1, 0.15) is 16.7 Å². The van der Waals surface area contributed by atoms with Gasteiger partial charge in [-0.3, -0.25) is 9.13 Å². The molecular weight excluding hydrogens is 696 g/mol. The van der Waals surface area contributed by atoms with E-state index in [9.17, 15) is 28.7 Å². The number of nitrogens with one attached hydrogen (secondary N) is 2. The minimum absolute atomic E-state index is 0.0226. The van der Waals surface area contributed by atoms with E-state index in [0.717, 1.165) is 26.9 Å². The molecule has 0 atom stereocenters. The Kier molecular flexibility index (Phi) is 8.88. The second-order valence-electron chi connectivity index (χ2n) is 11.1. The molecular formula is C31H28ClN7O6P2S. The molecule has 0 unspecified atom stereocenters. The maximum absolute atomic E-state index is 12.7.